The van der Waals surface area contributed by atoms with E-state index in [1.54, 1.807) is 7.11 Å². The summed E-state index contributed by atoms with van der Waals surface area (Å²) in [5, 5.41) is 3.20. The normalized spacial score (nSPS) is 21.2. The van der Waals surface area contributed by atoms with Gasteiger partial charge in [-0.25, -0.2) is 0 Å². The summed E-state index contributed by atoms with van der Waals surface area (Å²) in [6, 6.07) is 8.45. The number of methoxy groups -OCH3 is 1. The van der Waals surface area contributed by atoms with Gasteiger partial charge in [-0.2, -0.15) is 0 Å². The minimum absolute atomic E-state index is 0. The van der Waals surface area contributed by atoms with Gasteiger partial charge in [0.15, 0.2) is 0 Å². The number of para-hydroxylation sites is 1. The van der Waals surface area contributed by atoms with E-state index in [0.717, 1.165) is 37.0 Å². The van der Waals surface area contributed by atoms with Crippen LogP contribution >= 0.6 is 12.4 Å². The Labute approximate surface area is 145 Å². The van der Waals surface area contributed by atoms with Crippen molar-refractivity contribution in [3.63, 3.8) is 0 Å². The topological polar surface area (TPSA) is 64.3 Å². The predicted octanol–water partition coefficient (Wildman–Crippen LogP) is 3.07. The van der Waals surface area contributed by atoms with E-state index in [0.29, 0.717) is 12.5 Å². The van der Waals surface area contributed by atoms with Crippen LogP contribution in [0.5, 0.6) is 5.75 Å². The molecule has 0 aliphatic heterocycles. The second kappa shape index (κ2) is 8.55. The van der Waals surface area contributed by atoms with E-state index in [4.69, 9.17) is 10.5 Å². The first-order valence-corrected chi connectivity index (χ1v) is 8.11. The summed E-state index contributed by atoms with van der Waals surface area (Å²) in [6.45, 7) is 3.98. The van der Waals surface area contributed by atoms with Gasteiger partial charge in [-0.15, -0.1) is 12.4 Å². The van der Waals surface area contributed by atoms with Gasteiger partial charge < -0.3 is 15.8 Å². The molecule has 0 unspecified atom stereocenters. The quantitative estimate of drug-likeness (QED) is 0.865. The third-order valence-electron chi connectivity index (χ3n) is 4.55. The van der Waals surface area contributed by atoms with Crippen molar-refractivity contribution in [2.24, 2.45) is 11.1 Å². The maximum Gasteiger partial charge on any atom is 0.226 e. The molecule has 0 spiro atoms. The molecule has 130 valence electrons. The molecule has 3 N–H and O–H groups in total. The minimum Gasteiger partial charge on any atom is -0.496 e. The van der Waals surface area contributed by atoms with E-state index in [9.17, 15) is 4.79 Å². The lowest BCUT2D eigenvalue weighted by molar-refractivity contribution is -0.130. The van der Waals surface area contributed by atoms with Gasteiger partial charge in [0.25, 0.3) is 0 Å². The molecular formula is C18H29ClN2O2. The molecule has 0 heterocycles. The van der Waals surface area contributed by atoms with Crippen molar-refractivity contribution in [3.05, 3.63) is 29.8 Å². The summed E-state index contributed by atoms with van der Waals surface area (Å²) in [4.78, 5) is 12.6. The molecule has 23 heavy (non-hydrogen) atoms. The van der Waals surface area contributed by atoms with Gasteiger partial charge in [-0.3, -0.25) is 4.79 Å². The smallest absolute Gasteiger partial charge is 0.226 e. The van der Waals surface area contributed by atoms with Crippen LogP contribution in [0.25, 0.3) is 0 Å². The Balaban J connectivity index is 0.00000264. The average Bonchev–Trinajstić information content (AvgIpc) is 2.49. The zero-order valence-corrected chi connectivity index (χ0v) is 15.1. The summed E-state index contributed by atoms with van der Waals surface area (Å²) in [5.41, 5.74) is 6.52. The fourth-order valence-electron chi connectivity index (χ4n) is 3.05. The van der Waals surface area contributed by atoms with E-state index in [-0.39, 0.29) is 24.4 Å². The Hall–Kier alpha value is -1.26. The van der Waals surface area contributed by atoms with Crippen LogP contribution in [0.4, 0.5) is 0 Å². The lowest BCUT2D eigenvalue weighted by atomic mass is 9.83. The number of hydrogen-bond donors (Lipinski definition) is 2. The van der Waals surface area contributed by atoms with Crippen molar-refractivity contribution >= 4 is 18.3 Å². The number of benzene rings is 1. The SMILES string of the molecule is COc1ccccc1CC(C)(C)C(=O)NC1CCC(N)CC1.Cl. The molecule has 2 rings (SSSR count). The first-order chi connectivity index (χ1) is 10.4. The van der Waals surface area contributed by atoms with Crippen LogP contribution in [0.1, 0.15) is 45.1 Å². The Morgan fingerprint density at radius 3 is 2.48 bits per heavy atom. The molecular weight excluding hydrogens is 312 g/mol. The monoisotopic (exact) mass is 340 g/mol. The van der Waals surface area contributed by atoms with E-state index < -0.39 is 5.41 Å². The molecule has 5 heteroatoms. The van der Waals surface area contributed by atoms with Gasteiger partial charge in [-0.1, -0.05) is 32.0 Å². The highest BCUT2D eigenvalue weighted by molar-refractivity contribution is 5.85. The lowest BCUT2D eigenvalue weighted by Gasteiger charge is -2.31. The van der Waals surface area contributed by atoms with Gasteiger partial charge >= 0.3 is 0 Å². The van der Waals surface area contributed by atoms with Crippen molar-refractivity contribution < 1.29 is 9.53 Å². The van der Waals surface area contributed by atoms with E-state index in [1.807, 2.05) is 38.1 Å². The number of carbonyl (C=O) groups is 1. The van der Waals surface area contributed by atoms with Gasteiger partial charge in [0.2, 0.25) is 5.91 Å². The second-order valence-electron chi connectivity index (χ2n) is 6.96. The van der Waals surface area contributed by atoms with Crippen LogP contribution in [-0.4, -0.2) is 25.1 Å². The number of rotatable bonds is 5. The molecule has 1 aliphatic carbocycles. The van der Waals surface area contributed by atoms with Crippen LogP contribution in [0.15, 0.2) is 24.3 Å². The molecule has 1 amide bonds. The highest BCUT2D eigenvalue weighted by Gasteiger charge is 2.31. The Morgan fingerprint density at radius 2 is 1.87 bits per heavy atom. The molecule has 0 saturated heterocycles. The van der Waals surface area contributed by atoms with Crippen LogP contribution in [0, 0.1) is 5.41 Å². The van der Waals surface area contributed by atoms with Crippen molar-refractivity contribution in [2.45, 2.75) is 58.0 Å². The number of hydrogen-bond acceptors (Lipinski definition) is 3. The second-order valence-corrected chi connectivity index (χ2v) is 6.96. The summed E-state index contributed by atoms with van der Waals surface area (Å²) < 4.78 is 5.39. The molecule has 1 aliphatic rings. The Kier molecular flexibility index (Phi) is 7.36. The molecule has 0 radical (unpaired) electrons. The van der Waals surface area contributed by atoms with Crippen molar-refractivity contribution in [3.8, 4) is 5.75 Å². The van der Waals surface area contributed by atoms with Gasteiger partial charge in [0, 0.05) is 17.5 Å². The van der Waals surface area contributed by atoms with E-state index in [1.165, 1.54) is 0 Å². The van der Waals surface area contributed by atoms with Gasteiger partial charge in [-0.05, 0) is 43.7 Å². The van der Waals surface area contributed by atoms with E-state index >= 15 is 0 Å². The van der Waals surface area contributed by atoms with Crippen molar-refractivity contribution in [1.29, 1.82) is 0 Å². The van der Waals surface area contributed by atoms with Crippen LogP contribution in [-0.2, 0) is 11.2 Å². The number of carbonyl (C=O) groups excluding carboxylic acids is 1. The first-order valence-electron chi connectivity index (χ1n) is 8.11. The number of nitrogens with one attached hydrogen (secondary N) is 1. The van der Waals surface area contributed by atoms with Crippen LogP contribution < -0.4 is 15.8 Å². The maximum absolute atomic E-state index is 12.6. The molecule has 1 fully saturated rings. The average molecular weight is 341 g/mol. The largest absolute Gasteiger partial charge is 0.496 e. The third kappa shape index (κ3) is 5.40. The van der Waals surface area contributed by atoms with Crippen molar-refractivity contribution in [1.82, 2.24) is 5.32 Å². The third-order valence-corrected chi connectivity index (χ3v) is 4.55. The van der Waals surface area contributed by atoms with E-state index in [2.05, 4.69) is 5.32 Å². The Bertz CT molecular complexity index is 511. The standard InChI is InChI=1S/C18H28N2O2.ClH/c1-18(2,12-13-6-4-5-7-16(13)22-3)17(21)20-15-10-8-14(19)9-11-15;/h4-7,14-15H,8-12,19H2,1-3H3,(H,20,21);1H. The maximum atomic E-state index is 12.6. The number of amides is 1. The highest BCUT2D eigenvalue weighted by Crippen LogP contribution is 2.28. The fourth-order valence-corrected chi connectivity index (χ4v) is 3.05. The minimum atomic E-state index is -0.464. The molecule has 0 atom stereocenters. The van der Waals surface area contributed by atoms with Crippen LogP contribution in [0.2, 0.25) is 0 Å². The molecule has 0 aromatic heterocycles. The first kappa shape index (κ1) is 19.8. The van der Waals surface area contributed by atoms with Crippen LogP contribution in [0.3, 0.4) is 0 Å². The zero-order valence-electron chi connectivity index (χ0n) is 14.3. The van der Waals surface area contributed by atoms with Gasteiger partial charge in [0.1, 0.15) is 5.75 Å². The molecule has 1 saturated carbocycles. The number of halogens is 1. The summed E-state index contributed by atoms with van der Waals surface area (Å²) >= 11 is 0. The highest BCUT2D eigenvalue weighted by atomic mass is 35.5. The zero-order chi connectivity index (χ0) is 16.2. The molecule has 1 aromatic carbocycles. The number of nitrogens with two attached hydrogens (primary N) is 1. The summed E-state index contributed by atoms with van der Waals surface area (Å²) in [6.07, 6.45) is 4.63. The van der Waals surface area contributed by atoms with Gasteiger partial charge in [0.05, 0.1) is 7.11 Å². The Morgan fingerprint density at radius 1 is 1.26 bits per heavy atom. The molecule has 4 nitrogen and oxygen atoms in total. The van der Waals surface area contributed by atoms with Crippen molar-refractivity contribution in [2.75, 3.05) is 7.11 Å². The fraction of sp³-hybridized carbons (Fsp3) is 0.611. The molecule has 1 aromatic rings. The lowest BCUT2D eigenvalue weighted by Crippen LogP contribution is -2.46. The predicted molar refractivity (Wildman–Crippen MR) is 96.1 cm³/mol. The number of ether oxygens (including phenoxy) is 1. The summed E-state index contributed by atoms with van der Waals surface area (Å²) in [5.74, 6) is 0.950. The summed E-state index contributed by atoms with van der Waals surface area (Å²) in [7, 11) is 1.66. The molecule has 0 bridgehead atoms.